The smallest absolute Gasteiger partial charge is 0.251 e. The Morgan fingerprint density at radius 1 is 1.00 bits per heavy atom. The largest absolute Gasteiger partial charge is 0.492 e. The number of hydrogen-bond acceptors (Lipinski definition) is 6. The van der Waals surface area contributed by atoms with E-state index in [0.29, 0.717) is 49.2 Å². The predicted molar refractivity (Wildman–Crippen MR) is 119 cm³/mol. The van der Waals surface area contributed by atoms with Gasteiger partial charge in [0.05, 0.1) is 44.3 Å². The molecule has 1 fully saturated rings. The summed E-state index contributed by atoms with van der Waals surface area (Å²) in [5, 5.41) is 5.46. The SMILES string of the molecule is CCOc1cc(N2CCOCC2)c(OCC)cc1NC(=O)CNC(=O)c1ccccc1. The molecule has 0 bridgehead atoms. The summed E-state index contributed by atoms with van der Waals surface area (Å²) >= 11 is 0. The summed E-state index contributed by atoms with van der Waals surface area (Å²) in [5.74, 6) is 0.553. The number of amides is 2. The van der Waals surface area contributed by atoms with Crippen molar-refractivity contribution < 1.29 is 23.8 Å². The van der Waals surface area contributed by atoms with Gasteiger partial charge in [-0.3, -0.25) is 9.59 Å². The van der Waals surface area contributed by atoms with E-state index in [4.69, 9.17) is 14.2 Å². The first kappa shape index (κ1) is 22.4. The van der Waals surface area contributed by atoms with Crippen molar-refractivity contribution in [1.82, 2.24) is 5.32 Å². The van der Waals surface area contributed by atoms with Crippen LogP contribution in [0.15, 0.2) is 42.5 Å². The molecule has 8 nitrogen and oxygen atoms in total. The molecule has 8 heteroatoms. The molecule has 0 atom stereocenters. The molecular weight excluding hydrogens is 398 g/mol. The summed E-state index contributed by atoms with van der Waals surface area (Å²) in [7, 11) is 0. The van der Waals surface area contributed by atoms with Gasteiger partial charge in [-0.2, -0.15) is 0 Å². The minimum absolute atomic E-state index is 0.158. The maximum absolute atomic E-state index is 12.5. The first-order valence-electron chi connectivity index (χ1n) is 10.5. The second kappa shape index (κ2) is 11.2. The van der Waals surface area contributed by atoms with Crippen LogP contribution in [0.3, 0.4) is 0 Å². The molecule has 0 saturated carbocycles. The molecule has 0 aliphatic carbocycles. The van der Waals surface area contributed by atoms with Crippen LogP contribution in [0.1, 0.15) is 24.2 Å². The Morgan fingerprint density at radius 3 is 2.35 bits per heavy atom. The van der Waals surface area contributed by atoms with Crippen molar-refractivity contribution in [3.63, 3.8) is 0 Å². The van der Waals surface area contributed by atoms with Crippen molar-refractivity contribution in [3.05, 3.63) is 48.0 Å². The van der Waals surface area contributed by atoms with Crippen LogP contribution in [0, 0.1) is 0 Å². The fourth-order valence-electron chi connectivity index (χ4n) is 3.29. The van der Waals surface area contributed by atoms with E-state index in [2.05, 4.69) is 15.5 Å². The Bertz CT molecular complexity index is 882. The van der Waals surface area contributed by atoms with Crippen LogP contribution >= 0.6 is 0 Å². The van der Waals surface area contributed by atoms with Crippen molar-refractivity contribution >= 4 is 23.2 Å². The molecule has 1 heterocycles. The zero-order valence-electron chi connectivity index (χ0n) is 18.0. The molecule has 31 heavy (non-hydrogen) atoms. The highest BCUT2D eigenvalue weighted by atomic mass is 16.5. The van der Waals surface area contributed by atoms with Gasteiger partial charge in [-0.15, -0.1) is 0 Å². The van der Waals surface area contributed by atoms with Gasteiger partial charge in [-0.1, -0.05) is 18.2 Å². The van der Waals surface area contributed by atoms with Crippen molar-refractivity contribution in [1.29, 1.82) is 0 Å². The third-order valence-electron chi connectivity index (χ3n) is 4.73. The Morgan fingerprint density at radius 2 is 1.68 bits per heavy atom. The van der Waals surface area contributed by atoms with Gasteiger partial charge in [0.15, 0.2) is 0 Å². The number of anilines is 2. The molecule has 2 N–H and O–H groups in total. The summed E-state index contributed by atoms with van der Waals surface area (Å²) in [4.78, 5) is 26.9. The zero-order valence-corrected chi connectivity index (χ0v) is 18.0. The van der Waals surface area contributed by atoms with Crippen LogP contribution in [0.5, 0.6) is 11.5 Å². The minimum Gasteiger partial charge on any atom is -0.492 e. The Kier molecular flexibility index (Phi) is 8.12. The van der Waals surface area contributed by atoms with Gasteiger partial charge in [0.2, 0.25) is 5.91 Å². The molecule has 0 radical (unpaired) electrons. The number of carbonyl (C=O) groups excluding carboxylic acids is 2. The second-order valence-electron chi connectivity index (χ2n) is 6.88. The molecule has 2 aromatic rings. The summed E-state index contributed by atoms with van der Waals surface area (Å²) in [5.41, 5.74) is 1.91. The molecule has 166 valence electrons. The molecule has 1 saturated heterocycles. The second-order valence-corrected chi connectivity index (χ2v) is 6.88. The van der Waals surface area contributed by atoms with Crippen LogP contribution in [-0.4, -0.2) is 57.9 Å². The van der Waals surface area contributed by atoms with E-state index in [1.165, 1.54) is 0 Å². The van der Waals surface area contributed by atoms with Crippen LogP contribution in [-0.2, 0) is 9.53 Å². The van der Waals surface area contributed by atoms with Crippen LogP contribution in [0.2, 0.25) is 0 Å². The predicted octanol–water partition coefficient (Wildman–Crippen LogP) is 2.69. The number of nitrogens with one attached hydrogen (secondary N) is 2. The van der Waals surface area contributed by atoms with Gasteiger partial charge in [0.25, 0.3) is 5.91 Å². The third kappa shape index (κ3) is 6.11. The topological polar surface area (TPSA) is 89.1 Å². The highest BCUT2D eigenvalue weighted by Crippen LogP contribution is 2.39. The molecule has 1 aliphatic rings. The van der Waals surface area contributed by atoms with E-state index in [0.717, 1.165) is 18.8 Å². The Labute approximate surface area is 182 Å². The van der Waals surface area contributed by atoms with Crippen molar-refractivity contribution in [2.75, 3.05) is 56.3 Å². The highest BCUT2D eigenvalue weighted by Gasteiger charge is 2.20. The first-order chi connectivity index (χ1) is 15.1. The minimum atomic E-state index is -0.355. The fraction of sp³-hybridized carbons (Fsp3) is 0.391. The molecule has 2 aromatic carbocycles. The van der Waals surface area contributed by atoms with Crippen LogP contribution < -0.4 is 25.0 Å². The van der Waals surface area contributed by atoms with Crippen molar-refractivity contribution in [3.8, 4) is 11.5 Å². The normalized spacial score (nSPS) is 13.4. The average Bonchev–Trinajstić information content (AvgIpc) is 2.80. The number of rotatable bonds is 9. The van der Waals surface area contributed by atoms with E-state index in [9.17, 15) is 9.59 Å². The average molecular weight is 428 g/mol. The summed E-state index contributed by atoms with van der Waals surface area (Å²) < 4.78 is 17.1. The highest BCUT2D eigenvalue weighted by molar-refractivity contribution is 6.00. The van der Waals surface area contributed by atoms with Crippen molar-refractivity contribution in [2.24, 2.45) is 0 Å². The molecule has 0 unspecified atom stereocenters. The third-order valence-corrected chi connectivity index (χ3v) is 4.73. The fourth-order valence-corrected chi connectivity index (χ4v) is 3.29. The molecule has 2 amide bonds. The van der Waals surface area contributed by atoms with Crippen LogP contribution in [0.4, 0.5) is 11.4 Å². The monoisotopic (exact) mass is 427 g/mol. The summed E-state index contributed by atoms with van der Waals surface area (Å²) in [6.07, 6.45) is 0. The zero-order chi connectivity index (χ0) is 22.1. The summed E-state index contributed by atoms with van der Waals surface area (Å²) in [6, 6.07) is 12.4. The maximum Gasteiger partial charge on any atom is 0.251 e. The van der Waals surface area contributed by atoms with Gasteiger partial charge in [-0.05, 0) is 26.0 Å². The van der Waals surface area contributed by atoms with Gasteiger partial charge in [0, 0.05) is 30.8 Å². The van der Waals surface area contributed by atoms with E-state index < -0.39 is 0 Å². The number of carbonyl (C=O) groups is 2. The molecule has 0 spiro atoms. The lowest BCUT2D eigenvalue weighted by Crippen LogP contribution is -2.36. The lowest BCUT2D eigenvalue weighted by molar-refractivity contribution is -0.115. The standard InChI is InChI=1S/C23H29N3O5/c1-3-30-20-15-19(26-10-12-29-13-11-26)21(31-4-2)14-18(20)25-22(27)16-24-23(28)17-8-6-5-7-9-17/h5-9,14-15H,3-4,10-13,16H2,1-2H3,(H,24,28)(H,25,27). The van der Waals surface area contributed by atoms with E-state index >= 15 is 0 Å². The molecular formula is C23H29N3O5. The number of nitrogens with zero attached hydrogens (tertiary/aromatic N) is 1. The van der Waals surface area contributed by atoms with Gasteiger partial charge in [-0.25, -0.2) is 0 Å². The van der Waals surface area contributed by atoms with Gasteiger partial charge >= 0.3 is 0 Å². The van der Waals surface area contributed by atoms with E-state index in [1.807, 2.05) is 26.0 Å². The number of benzene rings is 2. The van der Waals surface area contributed by atoms with Gasteiger partial charge < -0.3 is 29.7 Å². The number of ether oxygens (including phenoxy) is 3. The van der Waals surface area contributed by atoms with Crippen molar-refractivity contribution in [2.45, 2.75) is 13.8 Å². The molecule has 3 rings (SSSR count). The number of hydrogen-bond donors (Lipinski definition) is 2. The lowest BCUT2D eigenvalue weighted by Gasteiger charge is -2.31. The lowest BCUT2D eigenvalue weighted by atomic mass is 10.2. The Hall–Kier alpha value is -3.26. The van der Waals surface area contributed by atoms with Gasteiger partial charge in [0.1, 0.15) is 11.5 Å². The van der Waals surface area contributed by atoms with Crippen LogP contribution in [0.25, 0.3) is 0 Å². The Balaban J connectivity index is 1.74. The summed E-state index contributed by atoms with van der Waals surface area (Å²) in [6.45, 7) is 7.38. The first-order valence-corrected chi connectivity index (χ1v) is 10.5. The quantitative estimate of drug-likeness (QED) is 0.640. The number of morpholine rings is 1. The molecule has 1 aliphatic heterocycles. The van der Waals surface area contributed by atoms with E-state index in [1.54, 1.807) is 30.3 Å². The maximum atomic E-state index is 12.5. The van der Waals surface area contributed by atoms with E-state index in [-0.39, 0.29) is 18.4 Å². The molecule has 0 aromatic heterocycles.